The number of alkyl halides is 6. The number of hydrogen-bond donors (Lipinski definition) is 0. The fraction of sp³-hybridized carbons (Fsp3) is 0.158. The van der Waals surface area contributed by atoms with Gasteiger partial charge in [-0.15, -0.1) is 0 Å². The van der Waals surface area contributed by atoms with Crippen molar-refractivity contribution < 1.29 is 31.1 Å². The number of pyridine rings is 2. The van der Waals surface area contributed by atoms with Crippen LogP contribution in [0.3, 0.4) is 0 Å². The van der Waals surface area contributed by atoms with Gasteiger partial charge in [-0.05, 0) is 24.3 Å². The summed E-state index contributed by atoms with van der Waals surface area (Å²) in [5.41, 5.74) is -3.44. The van der Waals surface area contributed by atoms with Crippen LogP contribution in [0.1, 0.15) is 23.2 Å². The largest absolute Gasteiger partial charge is 0.433 e. The fourth-order valence-electron chi connectivity index (χ4n) is 3.10. The number of rotatable bonds is 2. The minimum absolute atomic E-state index is 0.228. The minimum atomic E-state index is -5.03. The van der Waals surface area contributed by atoms with Crippen LogP contribution in [0.15, 0.2) is 53.9 Å². The van der Waals surface area contributed by atoms with E-state index in [-0.39, 0.29) is 17.5 Å². The van der Waals surface area contributed by atoms with E-state index in [0.29, 0.717) is 22.7 Å². The zero-order valence-electron chi connectivity index (χ0n) is 14.8. The van der Waals surface area contributed by atoms with Gasteiger partial charge in [0.15, 0.2) is 0 Å². The Morgan fingerprint density at radius 3 is 2.27 bits per heavy atom. The van der Waals surface area contributed by atoms with Gasteiger partial charge in [-0.3, -0.25) is 9.78 Å². The quantitative estimate of drug-likeness (QED) is 0.555. The molecule has 0 radical (unpaired) electrons. The standard InChI is InChI=1S/C19H10F6N4O/c20-18(21,22)12-3-1-2-11-14(9-15(19(23,24)25)27-17(11)12)29-16(30)8-13(28-29)10-4-6-26-7-5-10/h1-7,9H,8H2. The number of para-hydroxylation sites is 1. The van der Waals surface area contributed by atoms with Crippen LogP contribution >= 0.6 is 0 Å². The van der Waals surface area contributed by atoms with E-state index in [1.807, 2.05) is 0 Å². The Kier molecular flexibility index (Phi) is 4.48. The lowest BCUT2D eigenvalue weighted by Gasteiger charge is -2.19. The van der Waals surface area contributed by atoms with Crippen molar-refractivity contribution in [3.8, 4) is 0 Å². The monoisotopic (exact) mass is 424 g/mol. The van der Waals surface area contributed by atoms with Crippen molar-refractivity contribution in [2.45, 2.75) is 18.8 Å². The molecule has 0 bridgehead atoms. The highest BCUT2D eigenvalue weighted by Gasteiger charge is 2.39. The van der Waals surface area contributed by atoms with Crippen LogP contribution in [0.4, 0.5) is 32.0 Å². The maximum Gasteiger partial charge on any atom is 0.433 e. The van der Waals surface area contributed by atoms with Gasteiger partial charge in [-0.25, -0.2) is 4.98 Å². The van der Waals surface area contributed by atoms with Crippen molar-refractivity contribution in [3.63, 3.8) is 0 Å². The molecule has 0 aliphatic carbocycles. The molecule has 1 aromatic carbocycles. The van der Waals surface area contributed by atoms with Gasteiger partial charge < -0.3 is 0 Å². The number of hydrazone groups is 1. The van der Waals surface area contributed by atoms with Gasteiger partial charge in [0.05, 0.1) is 28.9 Å². The number of fused-ring (bicyclic) bond motifs is 1. The fourth-order valence-corrected chi connectivity index (χ4v) is 3.10. The first-order chi connectivity index (χ1) is 14.1. The first-order valence-corrected chi connectivity index (χ1v) is 8.44. The molecule has 3 heterocycles. The smallest absolute Gasteiger partial charge is 0.272 e. The second-order valence-electron chi connectivity index (χ2n) is 6.39. The van der Waals surface area contributed by atoms with E-state index in [1.165, 1.54) is 18.5 Å². The summed E-state index contributed by atoms with van der Waals surface area (Å²) in [6.45, 7) is 0. The molecule has 0 atom stereocenters. The van der Waals surface area contributed by atoms with E-state index in [1.54, 1.807) is 12.1 Å². The highest BCUT2D eigenvalue weighted by molar-refractivity contribution is 6.20. The van der Waals surface area contributed by atoms with Gasteiger partial charge in [-0.1, -0.05) is 12.1 Å². The molecule has 0 saturated heterocycles. The molecule has 0 spiro atoms. The number of benzene rings is 1. The third-order valence-electron chi connectivity index (χ3n) is 4.43. The molecule has 1 amide bonds. The highest BCUT2D eigenvalue weighted by atomic mass is 19.4. The molecular weight excluding hydrogens is 414 g/mol. The van der Waals surface area contributed by atoms with E-state index in [4.69, 9.17) is 0 Å². The molecule has 4 rings (SSSR count). The number of carbonyl (C=O) groups excluding carboxylic acids is 1. The normalized spacial score (nSPS) is 15.1. The highest BCUT2D eigenvalue weighted by Crippen LogP contribution is 2.41. The van der Waals surface area contributed by atoms with Crippen LogP contribution in [-0.4, -0.2) is 21.6 Å². The Morgan fingerprint density at radius 2 is 1.63 bits per heavy atom. The van der Waals surface area contributed by atoms with Crippen LogP contribution in [-0.2, 0) is 17.1 Å². The second kappa shape index (κ2) is 6.78. The molecule has 2 aromatic heterocycles. The summed E-state index contributed by atoms with van der Waals surface area (Å²) in [5, 5.41) is 4.49. The van der Waals surface area contributed by atoms with Crippen molar-refractivity contribution in [3.05, 3.63) is 65.6 Å². The molecule has 5 nitrogen and oxygen atoms in total. The Balaban J connectivity index is 1.96. The number of carbonyl (C=O) groups is 1. The summed E-state index contributed by atoms with van der Waals surface area (Å²) in [4.78, 5) is 19.6. The van der Waals surface area contributed by atoms with Crippen LogP contribution in [0, 0.1) is 0 Å². The molecule has 30 heavy (non-hydrogen) atoms. The maximum atomic E-state index is 13.4. The number of anilines is 1. The Hall–Kier alpha value is -3.50. The van der Waals surface area contributed by atoms with Crippen LogP contribution in [0.25, 0.3) is 10.9 Å². The number of amides is 1. The summed E-state index contributed by atoms with van der Waals surface area (Å²) in [7, 11) is 0. The van der Waals surface area contributed by atoms with Gasteiger partial charge in [-0.2, -0.15) is 36.5 Å². The average Bonchev–Trinajstić information content (AvgIpc) is 3.07. The molecule has 11 heteroatoms. The first-order valence-electron chi connectivity index (χ1n) is 8.44. The molecule has 154 valence electrons. The van der Waals surface area contributed by atoms with Gasteiger partial charge in [0.25, 0.3) is 5.91 Å². The second-order valence-corrected chi connectivity index (χ2v) is 6.39. The molecule has 0 N–H and O–H groups in total. The number of aromatic nitrogens is 2. The lowest BCUT2D eigenvalue weighted by molar-refractivity contribution is -0.142. The van der Waals surface area contributed by atoms with E-state index in [2.05, 4.69) is 15.1 Å². The molecule has 0 fully saturated rings. The number of halogens is 6. The SMILES string of the molecule is O=C1CC(c2ccncc2)=NN1c1cc(C(F)(F)F)nc2c(C(F)(F)F)cccc12. The Bertz CT molecular complexity index is 1170. The van der Waals surface area contributed by atoms with Gasteiger partial charge in [0, 0.05) is 23.3 Å². The zero-order valence-corrected chi connectivity index (χ0v) is 14.8. The topological polar surface area (TPSA) is 58.5 Å². The van der Waals surface area contributed by atoms with Crippen LogP contribution in [0.5, 0.6) is 0 Å². The Morgan fingerprint density at radius 1 is 0.933 bits per heavy atom. The van der Waals surface area contributed by atoms with Crippen molar-refractivity contribution in [2.24, 2.45) is 5.10 Å². The third kappa shape index (κ3) is 3.46. The summed E-state index contributed by atoms with van der Waals surface area (Å²) in [5.74, 6) is -0.681. The van der Waals surface area contributed by atoms with Gasteiger partial charge >= 0.3 is 12.4 Å². The van der Waals surface area contributed by atoms with E-state index in [9.17, 15) is 31.1 Å². The van der Waals surface area contributed by atoms with Crippen molar-refractivity contribution in [1.82, 2.24) is 9.97 Å². The van der Waals surface area contributed by atoms with E-state index < -0.39 is 40.7 Å². The van der Waals surface area contributed by atoms with E-state index >= 15 is 0 Å². The molecule has 0 saturated carbocycles. The third-order valence-corrected chi connectivity index (χ3v) is 4.43. The molecule has 1 aliphatic rings. The van der Waals surface area contributed by atoms with Crippen molar-refractivity contribution >= 4 is 28.2 Å². The maximum absolute atomic E-state index is 13.4. The number of nitrogens with zero attached hydrogens (tertiary/aromatic N) is 4. The lowest BCUT2D eigenvalue weighted by Crippen LogP contribution is -2.22. The van der Waals surface area contributed by atoms with E-state index in [0.717, 1.165) is 6.07 Å². The number of hydrogen-bond acceptors (Lipinski definition) is 4. The van der Waals surface area contributed by atoms with Crippen molar-refractivity contribution in [2.75, 3.05) is 5.01 Å². The molecule has 3 aromatic rings. The molecular formula is C19H10F6N4O. The predicted octanol–water partition coefficient (Wildman–Crippen LogP) is 4.81. The zero-order chi connectivity index (χ0) is 21.7. The van der Waals surface area contributed by atoms with Gasteiger partial charge in [0.2, 0.25) is 0 Å². The molecule has 0 unspecified atom stereocenters. The first kappa shape index (κ1) is 19.8. The average molecular weight is 424 g/mol. The lowest BCUT2D eigenvalue weighted by atomic mass is 10.1. The summed E-state index contributed by atoms with van der Waals surface area (Å²) in [6.07, 6.45) is -7.29. The van der Waals surface area contributed by atoms with Crippen LogP contribution < -0.4 is 5.01 Å². The minimum Gasteiger partial charge on any atom is -0.272 e. The molecule has 1 aliphatic heterocycles. The van der Waals surface area contributed by atoms with Crippen molar-refractivity contribution in [1.29, 1.82) is 0 Å². The van der Waals surface area contributed by atoms with Crippen LogP contribution in [0.2, 0.25) is 0 Å². The summed E-state index contributed by atoms with van der Waals surface area (Å²) >= 11 is 0. The predicted molar refractivity (Wildman–Crippen MR) is 94.6 cm³/mol. The van der Waals surface area contributed by atoms with Gasteiger partial charge in [0.1, 0.15) is 5.69 Å². The Labute approximate surface area is 164 Å². The summed E-state index contributed by atoms with van der Waals surface area (Å²) in [6, 6.07) is 6.49. The summed E-state index contributed by atoms with van der Waals surface area (Å²) < 4.78 is 80.2.